The van der Waals surface area contributed by atoms with Crippen LogP contribution in [0.25, 0.3) is 0 Å². The van der Waals surface area contributed by atoms with Crippen molar-refractivity contribution in [2.45, 2.75) is 6.42 Å². The molecule has 1 amide bonds. The van der Waals surface area contributed by atoms with E-state index in [1.165, 1.54) is 18.8 Å². The van der Waals surface area contributed by atoms with Crippen molar-refractivity contribution >= 4 is 5.91 Å². The third-order valence-electron chi connectivity index (χ3n) is 2.35. The van der Waals surface area contributed by atoms with Gasteiger partial charge in [0.2, 0.25) is 6.39 Å². The Morgan fingerprint density at radius 1 is 1.45 bits per heavy atom. The summed E-state index contributed by atoms with van der Waals surface area (Å²) in [5, 5.41) is 15.0. The molecule has 0 fully saturated rings. The predicted molar refractivity (Wildman–Crippen MR) is 68.5 cm³/mol. The topological polar surface area (TPSA) is 101 Å². The van der Waals surface area contributed by atoms with E-state index in [1.807, 2.05) is 0 Å². The van der Waals surface area contributed by atoms with E-state index in [1.54, 1.807) is 6.07 Å². The second kappa shape index (κ2) is 7.01. The van der Waals surface area contributed by atoms with Crippen molar-refractivity contribution in [2.24, 2.45) is 0 Å². The average Bonchev–Trinajstić information content (AvgIpc) is 2.98. The molecule has 0 aliphatic heterocycles. The Bertz CT molecular complexity index is 629. The quantitative estimate of drug-likeness (QED) is 0.746. The number of amides is 1. The van der Waals surface area contributed by atoms with Gasteiger partial charge in [0.25, 0.3) is 5.91 Å². The van der Waals surface area contributed by atoms with Crippen molar-refractivity contribution in [3.05, 3.63) is 41.8 Å². The van der Waals surface area contributed by atoms with Gasteiger partial charge in [0.1, 0.15) is 6.61 Å². The van der Waals surface area contributed by atoms with Gasteiger partial charge in [-0.3, -0.25) is 9.78 Å². The number of nitrogens with one attached hydrogen (secondary N) is 1. The van der Waals surface area contributed by atoms with Crippen LogP contribution in [-0.2, 0) is 6.42 Å². The number of nitrogens with zero attached hydrogens (tertiary/aromatic N) is 3. The largest absolute Gasteiger partial charge is 0.384 e. The van der Waals surface area contributed by atoms with E-state index < -0.39 is 0 Å². The van der Waals surface area contributed by atoms with Gasteiger partial charge in [0.15, 0.2) is 5.82 Å². The zero-order valence-electron chi connectivity index (χ0n) is 10.5. The molecule has 2 heterocycles. The first-order valence-corrected chi connectivity index (χ1v) is 5.88. The molecule has 0 saturated carbocycles. The molecule has 2 aromatic rings. The number of hydrogen-bond acceptors (Lipinski definition) is 6. The number of rotatable bonds is 4. The molecule has 0 aliphatic carbocycles. The Kier molecular flexibility index (Phi) is 4.81. The number of pyridine rings is 1. The Morgan fingerprint density at radius 2 is 2.35 bits per heavy atom. The van der Waals surface area contributed by atoms with Crippen molar-refractivity contribution in [1.82, 2.24) is 20.4 Å². The Balaban J connectivity index is 1.91. The number of aromatic nitrogens is 3. The lowest BCUT2D eigenvalue weighted by Crippen LogP contribution is -2.26. The number of aliphatic hydroxyl groups is 1. The summed E-state index contributed by atoms with van der Waals surface area (Å²) in [7, 11) is 0. The summed E-state index contributed by atoms with van der Waals surface area (Å²) in [5.41, 5.74) is 0.979. The highest BCUT2D eigenvalue weighted by atomic mass is 16.5. The minimum atomic E-state index is -0.256. The maximum absolute atomic E-state index is 11.9. The molecule has 7 heteroatoms. The van der Waals surface area contributed by atoms with E-state index in [9.17, 15) is 4.79 Å². The van der Waals surface area contributed by atoms with Crippen LogP contribution in [0.5, 0.6) is 0 Å². The van der Waals surface area contributed by atoms with Crippen LogP contribution in [0.1, 0.15) is 21.7 Å². The molecule has 0 radical (unpaired) electrons. The predicted octanol–water partition coefficient (Wildman–Crippen LogP) is -0.219. The second-order valence-corrected chi connectivity index (χ2v) is 3.78. The number of hydrogen-bond donors (Lipinski definition) is 2. The second-order valence-electron chi connectivity index (χ2n) is 3.78. The van der Waals surface area contributed by atoms with Gasteiger partial charge in [-0.1, -0.05) is 17.0 Å². The molecule has 0 atom stereocenters. The lowest BCUT2D eigenvalue weighted by molar-refractivity contribution is 0.0953. The average molecular weight is 272 g/mol. The normalized spacial score (nSPS) is 9.65. The summed E-state index contributed by atoms with van der Waals surface area (Å²) in [6.07, 6.45) is 4.70. The van der Waals surface area contributed by atoms with Gasteiger partial charge in [-0.25, -0.2) is 0 Å². The van der Waals surface area contributed by atoms with Crippen LogP contribution in [0.4, 0.5) is 0 Å². The Labute approximate surface area is 115 Å². The van der Waals surface area contributed by atoms with Crippen LogP contribution in [0.3, 0.4) is 0 Å². The molecule has 2 N–H and O–H groups in total. The smallest absolute Gasteiger partial charge is 0.252 e. The molecule has 2 aromatic heterocycles. The van der Waals surface area contributed by atoms with Crippen molar-refractivity contribution < 1.29 is 14.4 Å². The van der Waals surface area contributed by atoms with E-state index in [0.717, 1.165) is 0 Å². The first-order valence-electron chi connectivity index (χ1n) is 5.88. The fraction of sp³-hybridized carbons (Fsp3) is 0.231. The Morgan fingerprint density at radius 3 is 3.10 bits per heavy atom. The van der Waals surface area contributed by atoms with Crippen molar-refractivity contribution in [3.8, 4) is 11.8 Å². The van der Waals surface area contributed by atoms with Crippen molar-refractivity contribution in [2.75, 3.05) is 13.2 Å². The lowest BCUT2D eigenvalue weighted by atomic mass is 10.2. The summed E-state index contributed by atoms with van der Waals surface area (Å²) >= 11 is 0. The molecule has 0 spiro atoms. The van der Waals surface area contributed by atoms with Crippen molar-refractivity contribution in [1.29, 1.82) is 0 Å². The molecular weight excluding hydrogens is 260 g/mol. The maximum Gasteiger partial charge on any atom is 0.252 e. The van der Waals surface area contributed by atoms with Gasteiger partial charge in [0, 0.05) is 30.9 Å². The van der Waals surface area contributed by atoms with Crippen LogP contribution >= 0.6 is 0 Å². The standard InChI is InChI=1S/C13H12N4O3/c18-5-1-2-10-6-11(8-14-7-10)13(19)15-4-3-12-16-9-20-17-12/h6-9,18H,3-5H2,(H,15,19). The fourth-order valence-electron chi connectivity index (χ4n) is 1.47. The third kappa shape index (κ3) is 3.90. The molecule has 0 aliphatic rings. The van der Waals surface area contributed by atoms with Gasteiger partial charge >= 0.3 is 0 Å². The van der Waals surface area contributed by atoms with E-state index in [-0.39, 0.29) is 12.5 Å². The summed E-state index contributed by atoms with van der Waals surface area (Å²) in [6, 6.07) is 1.61. The first-order chi connectivity index (χ1) is 9.79. The Hall–Kier alpha value is -2.72. The maximum atomic E-state index is 11.9. The summed E-state index contributed by atoms with van der Waals surface area (Å²) in [6.45, 7) is 0.159. The molecule has 2 rings (SSSR count). The molecule has 0 saturated heterocycles. The lowest BCUT2D eigenvalue weighted by Gasteiger charge is -2.03. The summed E-state index contributed by atoms with van der Waals surface area (Å²) in [5.74, 6) is 5.47. The van der Waals surface area contributed by atoms with E-state index in [2.05, 4.69) is 36.8 Å². The highest BCUT2D eigenvalue weighted by Gasteiger charge is 2.06. The minimum Gasteiger partial charge on any atom is -0.384 e. The number of carbonyl (C=O) groups is 1. The van der Waals surface area contributed by atoms with Crippen molar-refractivity contribution in [3.63, 3.8) is 0 Å². The van der Waals surface area contributed by atoms with Gasteiger partial charge in [0.05, 0.1) is 5.56 Å². The molecule has 102 valence electrons. The minimum absolute atomic E-state index is 0.235. The van der Waals surface area contributed by atoms with E-state index >= 15 is 0 Å². The molecule has 0 bridgehead atoms. The van der Waals surface area contributed by atoms with Gasteiger partial charge in [-0.15, -0.1) is 0 Å². The summed E-state index contributed by atoms with van der Waals surface area (Å²) < 4.78 is 4.59. The highest BCUT2D eigenvalue weighted by molar-refractivity contribution is 5.94. The zero-order chi connectivity index (χ0) is 14.2. The number of carbonyl (C=O) groups excluding carboxylic acids is 1. The monoisotopic (exact) mass is 272 g/mol. The first kappa shape index (κ1) is 13.7. The highest BCUT2D eigenvalue weighted by Crippen LogP contribution is 2.01. The summed E-state index contributed by atoms with van der Waals surface area (Å²) in [4.78, 5) is 19.7. The molecule has 20 heavy (non-hydrogen) atoms. The molecular formula is C13H12N4O3. The molecule has 0 unspecified atom stereocenters. The van der Waals surface area contributed by atoms with Gasteiger partial charge in [-0.2, -0.15) is 4.98 Å². The van der Waals surface area contributed by atoms with E-state index in [0.29, 0.717) is 29.9 Å². The van der Waals surface area contributed by atoms with Crippen LogP contribution in [0.2, 0.25) is 0 Å². The van der Waals surface area contributed by atoms with E-state index in [4.69, 9.17) is 5.11 Å². The SMILES string of the molecule is O=C(NCCc1ncon1)c1cncc(C#CCO)c1. The van der Waals surface area contributed by atoms with Crippen LogP contribution in [0, 0.1) is 11.8 Å². The molecule has 0 aromatic carbocycles. The van der Waals surface area contributed by atoms with Gasteiger partial charge in [-0.05, 0) is 6.07 Å². The third-order valence-corrected chi connectivity index (χ3v) is 2.35. The van der Waals surface area contributed by atoms with Gasteiger partial charge < -0.3 is 14.9 Å². The fourth-order valence-corrected chi connectivity index (χ4v) is 1.47. The van der Waals surface area contributed by atoms with Crippen LogP contribution in [0.15, 0.2) is 29.4 Å². The molecule has 7 nitrogen and oxygen atoms in total. The van der Waals surface area contributed by atoms with Crippen LogP contribution in [-0.4, -0.2) is 39.3 Å². The number of aliphatic hydroxyl groups excluding tert-OH is 1. The zero-order valence-corrected chi connectivity index (χ0v) is 10.5. The van der Waals surface area contributed by atoms with Crippen LogP contribution < -0.4 is 5.32 Å².